The summed E-state index contributed by atoms with van der Waals surface area (Å²) in [6, 6.07) is 7.62. The summed E-state index contributed by atoms with van der Waals surface area (Å²) in [6.45, 7) is 8.51. The molecule has 0 aliphatic carbocycles. The molecule has 3 rings (SSSR count). The van der Waals surface area contributed by atoms with E-state index in [4.69, 9.17) is 4.74 Å². The zero-order valence-electron chi connectivity index (χ0n) is 16.6. The molecule has 2 heterocycles. The van der Waals surface area contributed by atoms with E-state index < -0.39 is 0 Å². The van der Waals surface area contributed by atoms with Gasteiger partial charge in [-0.1, -0.05) is 29.8 Å². The third kappa shape index (κ3) is 4.82. The molecule has 0 spiro atoms. The maximum absolute atomic E-state index is 13.3. The van der Waals surface area contributed by atoms with Crippen LogP contribution >= 0.6 is 15.9 Å². The molecule has 1 aromatic carbocycles. The molecule has 0 unspecified atom stereocenters. The number of rotatable bonds is 3. The highest BCUT2D eigenvalue weighted by atomic mass is 79.9. The quantitative estimate of drug-likeness (QED) is 0.705. The number of carbonyl (C=O) groups is 2. The lowest BCUT2D eigenvalue weighted by atomic mass is 10.1. The molecule has 2 aromatic rings. The first kappa shape index (κ1) is 20.6. The van der Waals surface area contributed by atoms with Gasteiger partial charge in [-0.15, -0.1) is 0 Å². The van der Waals surface area contributed by atoms with Gasteiger partial charge in [0.05, 0.1) is 17.7 Å². The molecule has 1 aliphatic heterocycles. The molecule has 0 radical (unpaired) electrons. The van der Waals surface area contributed by atoms with Crippen LogP contribution in [0.3, 0.4) is 0 Å². The minimum atomic E-state index is -0.294. The maximum Gasteiger partial charge on any atom is 0.409 e. The number of benzene rings is 1. The highest BCUT2D eigenvalue weighted by Gasteiger charge is 2.25. The topological polar surface area (TPSA) is 62.7 Å². The van der Waals surface area contributed by atoms with Crippen LogP contribution in [0.1, 0.15) is 36.3 Å². The molecule has 1 fully saturated rings. The first-order valence-corrected chi connectivity index (χ1v) is 10.4. The van der Waals surface area contributed by atoms with Crippen molar-refractivity contribution in [3.05, 3.63) is 40.0 Å². The standard InChI is InChI=1S/C21H26BrN3O3/c1-14(2)13-28-21(27)25-8-4-7-24(9-10-25)20(26)18-11-15(3)23-19-6-5-16(22)12-17(18)19/h5-6,11-12,14H,4,7-10,13H2,1-3H3. The molecule has 1 aliphatic rings. The molecular formula is C21H26BrN3O3. The van der Waals surface area contributed by atoms with Crippen LogP contribution in [0.4, 0.5) is 4.79 Å². The fourth-order valence-electron chi connectivity index (χ4n) is 3.31. The van der Waals surface area contributed by atoms with Crippen LogP contribution in [0.15, 0.2) is 28.7 Å². The van der Waals surface area contributed by atoms with Gasteiger partial charge in [-0.25, -0.2) is 4.79 Å². The van der Waals surface area contributed by atoms with E-state index in [0.717, 1.165) is 27.5 Å². The van der Waals surface area contributed by atoms with E-state index in [-0.39, 0.29) is 12.0 Å². The van der Waals surface area contributed by atoms with Gasteiger partial charge < -0.3 is 14.5 Å². The van der Waals surface area contributed by atoms with Crippen LogP contribution in [-0.2, 0) is 4.74 Å². The second-order valence-electron chi connectivity index (χ2n) is 7.58. The molecular weight excluding hydrogens is 422 g/mol. The number of ether oxygens (including phenoxy) is 1. The lowest BCUT2D eigenvalue weighted by Crippen LogP contribution is -2.38. The third-order valence-corrected chi connectivity index (χ3v) is 5.20. The number of aromatic nitrogens is 1. The number of halogens is 1. The summed E-state index contributed by atoms with van der Waals surface area (Å²) in [6.07, 6.45) is 0.436. The van der Waals surface area contributed by atoms with E-state index in [9.17, 15) is 9.59 Å². The van der Waals surface area contributed by atoms with Gasteiger partial charge >= 0.3 is 6.09 Å². The number of hydrogen-bond donors (Lipinski definition) is 0. The maximum atomic E-state index is 13.3. The normalized spacial score (nSPS) is 15.0. The average molecular weight is 448 g/mol. The molecule has 150 valence electrons. The molecule has 1 saturated heterocycles. The zero-order chi connectivity index (χ0) is 20.3. The van der Waals surface area contributed by atoms with E-state index in [1.807, 2.05) is 49.9 Å². The number of hydrogen-bond acceptors (Lipinski definition) is 4. The Morgan fingerprint density at radius 1 is 1.14 bits per heavy atom. The predicted molar refractivity (Wildman–Crippen MR) is 112 cm³/mol. The molecule has 0 bridgehead atoms. The Hall–Kier alpha value is -2.15. The molecule has 2 amide bonds. The Morgan fingerprint density at radius 3 is 2.61 bits per heavy atom. The van der Waals surface area contributed by atoms with Crippen molar-refractivity contribution in [2.45, 2.75) is 27.2 Å². The zero-order valence-corrected chi connectivity index (χ0v) is 18.2. The van der Waals surface area contributed by atoms with Crippen LogP contribution in [0.2, 0.25) is 0 Å². The highest BCUT2D eigenvalue weighted by Crippen LogP contribution is 2.24. The summed E-state index contributed by atoms with van der Waals surface area (Å²) in [7, 11) is 0. The second-order valence-corrected chi connectivity index (χ2v) is 8.49. The number of amides is 2. The Kier molecular flexibility index (Phi) is 6.54. The second kappa shape index (κ2) is 8.90. The first-order valence-electron chi connectivity index (χ1n) is 9.63. The van der Waals surface area contributed by atoms with Gasteiger partial charge in [0.1, 0.15) is 0 Å². The molecule has 7 heteroatoms. The predicted octanol–water partition coefficient (Wildman–Crippen LogP) is 4.25. The van der Waals surface area contributed by atoms with Crippen molar-refractivity contribution in [2.75, 3.05) is 32.8 Å². The van der Waals surface area contributed by atoms with Gasteiger partial charge in [-0.2, -0.15) is 0 Å². The van der Waals surface area contributed by atoms with E-state index in [0.29, 0.717) is 44.3 Å². The smallest absolute Gasteiger partial charge is 0.409 e. The Bertz CT molecular complexity index is 885. The summed E-state index contributed by atoms with van der Waals surface area (Å²) in [4.78, 5) is 33.6. The minimum Gasteiger partial charge on any atom is -0.449 e. The average Bonchev–Trinajstić information content (AvgIpc) is 2.91. The summed E-state index contributed by atoms with van der Waals surface area (Å²) >= 11 is 3.48. The number of pyridine rings is 1. The van der Waals surface area contributed by atoms with Crippen molar-refractivity contribution >= 4 is 38.8 Å². The van der Waals surface area contributed by atoms with Gasteiger partial charge in [0, 0.05) is 41.7 Å². The third-order valence-electron chi connectivity index (χ3n) is 4.71. The van der Waals surface area contributed by atoms with Gasteiger partial charge in [-0.05, 0) is 43.5 Å². The first-order chi connectivity index (χ1) is 13.3. The number of fused-ring (bicyclic) bond motifs is 1. The van der Waals surface area contributed by atoms with Gasteiger partial charge in [0.15, 0.2) is 0 Å². The van der Waals surface area contributed by atoms with E-state index >= 15 is 0 Å². The van der Waals surface area contributed by atoms with Gasteiger partial charge in [0.25, 0.3) is 5.91 Å². The molecule has 6 nitrogen and oxygen atoms in total. The fraction of sp³-hybridized carbons (Fsp3) is 0.476. The SMILES string of the molecule is Cc1cc(C(=O)N2CCCN(C(=O)OCC(C)C)CC2)c2cc(Br)ccc2n1. The van der Waals surface area contributed by atoms with Gasteiger partial charge in [-0.3, -0.25) is 9.78 Å². The molecule has 1 aromatic heterocycles. The minimum absolute atomic E-state index is 0.0222. The lowest BCUT2D eigenvalue weighted by molar-refractivity contribution is 0.0748. The monoisotopic (exact) mass is 447 g/mol. The summed E-state index contributed by atoms with van der Waals surface area (Å²) in [5.41, 5.74) is 2.27. The highest BCUT2D eigenvalue weighted by molar-refractivity contribution is 9.10. The van der Waals surface area contributed by atoms with Crippen molar-refractivity contribution < 1.29 is 14.3 Å². The van der Waals surface area contributed by atoms with Crippen molar-refractivity contribution in [1.29, 1.82) is 0 Å². The van der Waals surface area contributed by atoms with Crippen LogP contribution in [0, 0.1) is 12.8 Å². The van der Waals surface area contributed by atoms with Crippen LogP contribution in [0.25, 0.3) is 10.9 Å². The summed E-state index contributed by atoms with van der Waals surface area (Å²) in [5, 5.41) is 0.836. The van der Waals surface area contributed by atoms with Crippen molar-refractivity contribution in [3.63, 3.8) is 0 Å². The van der Waals surface area contributed by atoms with Crippen LogP contribution < -0.4 is 0 Å². The molecule has 0 N–H and O–H groups in total. The largest absolute Gasteiger partial charge is 0.449 e. The van der Waals surface area contributed by atoms with Crippen molar-refractivity contribution in [2.24, 2.45) is 5.92 Å². The number of nitrogens with zero attached hydrogens (tertiary/aromatic N) is 3. The van der Waals surface area contributed by atoms with E-state index in [1.165, 1.54) is 0 Å². The Morgan fingerprint density at radius 2 is 1.86 bits per heavy atom. The number of carbonyl (C=O) groups excluding carboxylic acids is 2. The summed E-state index contributed by atoms with van der Waals surface area (Å²) in [5.74, 6) is 0.280. The molecule has 28 heavy (non-hydrogen) atoms. The molecule has 0 atom stereocenters. The van der Waals surface area contributed by atoms with E-state index in [2.05, 4.69) is 20.9 Å². The van der Waals surface area contributed by atoms with Gasteiger partial charge in [0.2, 0.25) is 0 Å². The van der Waals surface area contributed by atoms with Crippen LogP contribution in [-0.4, -0.2) is 59.6 Å². The fourth-order valence-corrected chi connectivity index (χ4v) is 3.67. The number of aryl methyl sites for hydroxylation is 1. The Labute approximate surface area is 174 Å². The van der Waals surface area contributed by atoms with Crippen molar-refractivity contribution in [3.8, 4) is 0 Å². The molecule has 0 saturated carbocycles. The van der Waals surface area contributed by atoms with Crippen molar-refractivity contribution in [1.82, 2.24) is 14.8 Å². The summed E-state index contributed by atoms with van der Waals surface area (Å²) < 4.78 is 6.25. The van der Waals surface area contributed by atoms with Crippen LogP contribution in [0.5, 0.6) is 0 Å². The van der Waals surface area contributed by atoms with E-state index in [1.54, 1.807) is 4.90 Å². The Balaban J connectivity index is 1.76. The lowest BCUT2D eigenvalue weighted by Gasteiger charge is -2.23.